The molecule has 0 amide bonds. The second kappa shape index (κ2) is 8.57. The van der Waals surface area contributed by atoms with E-state index >= 15 is 0 Å². The zero-order valence-corrected chi connectivity index (χ0v) is 11.5. The minimum absolute atomic E-state index is 0.139. The Morgan fingerprint density at radius 2 is 2.06 bits per heavy atom. The topological polar surface area (TPSA) is 18.5 Å². The Balaban J connectivity index is 2.31. The van der Waals surface area contributed by atoms with E-state index in [1.807, 2.05) is 13.0 Å². The molecule has 0 saturated carbocycles. The van der Waals surface area contributed by atoms with Crippen LogP contribution < -0.4 is 0 Å². The summed E-state index contributed by atoms with van der Waals surface area (Å²) in [4.78, 5) is 0. The fraction of sp³-hybridized carbons (Fsp3) is 0.867. The van der Waals surface area contributed by atoms with E-state index in [4.69, 9.17) is 9.47 Å². The molecule has 1 saturated heterocycles. The summed E-state index contributed by atoms with van der Waals surface area (Å²) in [6.07, 6.45) is 13.6. The van der Waals surface area contributed by atoms with Gasteiger partial charge in [0.15, 0.2) is 0 Å². The lowest BCUT2D eigenvalue weighted by atomic mass is 9.87. The molecular weight excluding hydrogens is 212 g/mol. The Hall–Kier alpha value is -0.500. The third-order valence-corrected chi connectivity index (χ3v) is 3.71. The normalized spacial score (nSPS) is 26.7. The summed E-state index contributed by atoms with van der Waals surface area (Å²) >= 11 is 0. The Kier molecular flexibility index (Phi) is 7.34. The molecule has 100 valence electrons. The SMILES string of the molecule is C/C=C/OCCCC1(CC)CCCCCCO1. The van der Waals surface area contributed by atoms with Crippen LogP contribution in [0, 0.1) is 0 Å². The van der Waals surface area contributed by atoms with Gasteiger partial charge in [-0.25, -0.2) is 0 Å². The molecule has 1 aliphatic rings. The minimum atomic E-state index is 0.139. The van der Waals surface area contributed by atoms with E-state index in [2.05, 4.69) is 6.92 Å². The van der Waals surface area contributed by atoms with Crippen LogP contribution in [0.4, 0.5) is 0 Å². The maximum atomic E-state index is 6.15. The van der Waals surface area contributed by atoms with Gasteiger partial charge in [-0.05, 0) is 39.0 Å². The lowest BCUT2D eigenvalue weighted by Gasteiger charge is -2.35. The zero-order valence-electron chi connectivity index (χ0n) is 11.5. The Morgan fingerprint density at radius 1 is 1.24 bits per heavy atom. The molecule has 1 heterocycles. The van der Waals surface area contributed by atoms with E-state index in [0.717, 1.165) is 32.5 Å². The molecule has 0 bridgehead atoms. The highest BCUT2D eigenvalue weighted by Gasteiger charge is 2.28. The first kappa shape index (κ1) is 14.6. The van der Waals surface area contributed by atoms with Gasteiger partial charge in [0.2, 0.25) is 0 Å². The molecule has 0 spiro atoms. The number of allylic oxidation sites excluding steroid dienone is 1. The van der Waals surface area contributed by atoms with Crippen molar-refractivity contribution in [3.8, 4) is 0 Å². The smallest absolute Gasteiger partial charge is 0.0874 e. The molecule has 1 fully saturated rings. The molecule has 1 atom stereocenters. The molecule has 0 aromatic heterocycles. The van der Waals surface area contributed by atoms with Gasteiger partial charge in [-0.15, -0.1) is 0 Å². The fourth-order valence-corrected chi connectivity index (χ4v) is 2.56. The first-order valence-electron chi connectivity index (χ1n) is 7.20. The molecule has 1 aliphatic heterocycles. The minimum Gasteiger partial charge on any atom is -0.502 e. The molecule has 0 aromatic rings. The van der Waals surface area contributed by atoms with Crippen LogP contribution in [0.3, 0.4) is 0 Å². The largest absolute Gasteiger partial charge is 0.502 e. The van der Waals surface area contributed by atoms with E-state index in [1.165, 1.54) is 32.1 Å². The van der Waals surface area contributed by atoms with Crippen molar-refractivity contribution in [2.24, 2.45) is 0 Å². The highest BCUT2D eigenvalue weighted by Crippen LogP contribution is 2.31. The highest BCUT2D eigenvalue weighted by atomic mass is 16.5. The Morgan fingerprint density at radius 3 is 2.82 bits per heavy atom. The molecule has 0 N–H and O–H groups in total. The fourth-order valence-electron chi connectivity index (χ4n) is 2.56. The second-order valence-electron chi connectivity index (χ2n) is 4.99. The molecule has 0 radical (unpaired) electrons. The van der Waals surface area contributed by atoms with Gasteiger partial charge >= 0.3 is 0 Å². The highest BCUT2D eigenvalue weighted by molar-refractivity contribution is 4.80. The first-order chi connectivity index (χ1) is 8.33. The Labute approximate surface area is 106 Å². The van der Waals surface area contributed by atoms with Gasteiger partial charge in [-0.1, -0.05) is 32.3 Å². The Bertz CT molecular complexity index is 203. The van der Waals surface area contributed by atoms with Crippen LogP contribution in [0.1, 0.15) is 65.2 Å². The van der Waals surface area contributed by atoms with Gasteiger partial charge < -0.3 is 9.47 Å². The summed E-state index contributed by atoms with van der Waals surface area (Å²) in [6, 6.07) is 0. The van der Waals surface area contributed by atoms with Crippen LogP contribution in [-0.4, -0.2) is 18.8 Å². The zero-order chi connectivity index (χ0) is 12.4. The van der Waals surface area contributed by atoms with Gasteiger partial charge in [0.25, 0.3) is 0 Å². The van der Waals surface area contributed by atoms with Crippen LogP contribution in [0.15, 0.2) is 12.3 Å². The second-order valence-corrected chi connectivity index (χ2v) is 4.99. The maximum absolute atomic E-state index is 6.15. The monoisotopic (exact) mass is 240 g/mol. The average Bonchev–Trinajstić information content (AvgIpc) is 2.32. The quantitative estimate of drug-likeness (QED) is 0.504. The third kappa shape index (κ3) is 5.58. The molecule has 0 aliphatic carbocycles. The van der Waals surface area contributed by atoms with Gasteiger partial charge in [-0.2, -0.15) is 0 Å². The number of rotatable bonds is 6. The third-order valence-electron chi connectivity index (χ3n) is 3.71. The van der Waals surface area contributed by atoms with E-state index in [-0.39, 0.29) is 5.60 Å². The number of hydrogen-bond acceptors (Lipinski definition) is 2. The predicted octanol–water partition coefficient (Wildman–Crippen LogP) is 4.45. The molecular formula is C15H28O2. The molecule has 1 unspecified atom stereocenters. The lowest BCUT2D eigenvalue weighted by molar-refractivity contribution is -0.0717. The van der Waals surface area contributed by atoms with Gasteiger partial charge in [0.1, 0.15) is 0 Å². The number of ether oxygens (including phenoxy) is 2. The van der Waals surface area contributed by atoms with Crippen molar-refractivity contribution in [2.75, 3.05) is 13.2 Å². The van der Waals surface area contributed by atoms with Crippen molar-refractivity contribution in [2.45, 2.75) is 70.8 Å². The van der Waals surface area contributed by atoms with E-state index < -0.39 is 0 Å². The van der Waals surface area contributed by atoms with Crippen molar-refractivity contribution >= 4 is 0 Å². The molecule has 2 nitrogen and oxygen atoms in total. The van der Waals surface area contributed by atoms with Crippen molar-refractivity contribution in [1.29, 1.82) is 0 Å². The summed E-state index contributed by atoms with van der Waals surface area (Å²) < 4.78 is 11.5. The lowest BCUT2D eigenvalue weighted by Crippen LogP contribution is -2.33. The number of hydrogen-bond donors (Lipinski definition) is 0. The van der Waals surface area contributed by atoms with Crippen LogP contribution in [-0.2, 0) is 9.47 Å². The molecule has 0 aromatic carbocycles. The van der Waals surface area contributed by atoms with E-state index in [9.17, 15) is 0 Å². The maximum Gasteiger partial charge on any atom is 0.0874 e. The van der Waals surface area contributed by atoms with Crippen LogP contribution in [0.2, 0.25) is 0 Å². The van der Waals surface area contributed by atoms with Crippen molar-refractivity contribution in [1.82, 2.24) is 0 Å². The summed E-state index contributed by atoms with van der Waals surface area (Å²) in [5.74, 6) is 0. The van der Waals surface area contributed by atoms with Crippen LogP contribution in [0.25, 0.3) is 0 Å². The summed E-state index contributed by atoms with van der Waals surface area (Å²) in [5.41, 5.74) is 0.139. The molecule has 1 rings (SSSR count). The molecule has 2 heteroatoms. The van der Waals surface area contributed by atoms with Crippen molar-refractivity contribution in [3.05, 3.63) is 12.3 Å². The standard InChI is InChI=1S/C15H28O2/c1-3-12-16-13-9-11-15(4-2)10-7-5-6-8-14-17-15/h3,12H,4-11,13-14H2,1-2H3/b12-3+. The van der Waals surface area contributed by atoms with Gasteiger partial charge in [0, 0.05) is 6.61 Å². The van der Waals surface area contributed by atoms with E-state index in [1.54, 1.807) is 6.26 Å². The van der Waals surface area contributed by atoms with E-state index in [0.29, 0.717) is 0 Å². The van der Waals surface area contributed by atoms with Crippen molar-refractivity contribution in [3.63, 3.8) is 0 Å². The van der Waals surface area contributed by atoms with Crippen LogP contribution >= 0.6 is 0 Å². The average molecular weight is 240 g/mol. The predicted molar refractivity (Wildman–Crippen MR) is 72.1 cm³/mol. The van der Waals surface area contributed by atoms with Gasteiger partial charge in [-0.3, -0.25) is 0 Å². The van der Waals surface area contributed by atoms with Gasteiger partial charge in [0.05, 0.1) is 18.5 Å². The summed E-state index contributed by atoms with van der Waals surface area (Å²) in [7, 11) is 0. The van der Waals surface area contributed by atoms with Crippen LogP contribution in [0.5, 0.6) is 0 Å². The molecule has 17 heavy (non-hydrogen) atoms. The summed E-state index contributed by atoms with van der Waals surface area (Å²) in [6.45, 7) is 6.00. The van der Waals surface area contributed by atoms with Crippen molar-refractivity contribution < 1.29 is 9.47 Å². The summed E-state index contributed by atoms with van der Waals surface area (Å²) in [5, 5.41) is 0. The first-order valence-corrected chi connectivity index (χ1v) is 7.20.